The Morgan fingerprint density at radius 1 is 0.404 bits per heavy atom. The molecule has 2 nitrogen and oxygen atoms in total. The summed E-state index contributed by atoms with van der Waals surface area (Å²) < 4.78 is 7.10. The van der Waals surface area contributed by atoms with Crippen molar-refractivity contribution < 1.29 is 4.74 Å². The lowest BCUT2D eigenvalue weighted by Crippen LogP contribution is -2.17. The minimum absolute atomic E-state index is 0.928. The number of aryl methyl sites for hydroxylation is 2. The molecule has 52 heavy (non-hydrogen) atoms. The number of nitrogens with zero attached hydrogens (tertiary/aromatic N) is 1. The molecule has 0 saturated carbocycles. The van der Waals surface area contributed by atoms with Gasteiger partial charge in [0.2, 0.25) is 0 Å². The summed E-state index contributed by atoms with van der Waals surface area (Å²) in [4.78, 5) is 8.14. The predicted octanol–water partition coefficient (Wildman–Crippen LogP) is 14.1. The van der Waals surface area contributed by atoms with E-state index < -0.39 is 20.1 Å². The van der Waals surface area contributed by atoms with Crippen LogP contribution < -0.4 is 9.64 Å². The molecule has 0 saturated heterocycles. The van der Waals surface area contributed by atoms with Crippen LogP contribution in [0.4, 0.5) is 17.1 Å². The average molecular weight is 712 g/mol. The molecule has 0 unspecified atom stereocenters. The van der Waals surface area contributed by atoms with Crippen LogP contribution in [0, 0.1) is 13.8 Å². The van der Waals surface area contributed by atoms with Crippen molar-refractivity contribution in [3.8, 4) is 56.0 Å². The standard InChI is InChI=1S/C48H41NOS2/c1-30-17-22-40(31(2)23-30)49-41-26-38-36-20-18-34(32-13-9-7-10-14-32)24-45(36)51(3,4)47(38)28-43(41)50-44-29-48-39(27-42(44)49)37-21-19-35(25-46(37)52(48,5)6)33-15-11-8-12-16-33/h7-29H,1-6H3. The van der Waals surface area contributed by atoms with Gasteiger partial charge in [-0.3, -0.25) is 0 Å². The molecule has 4 heteroatoms. The first kappa shape index (κ1) is 31.6. The van der Waals surface area contributed by atoms with E-state index in [2.05, 4.69) is 183 Å². The largest absolute Gasteiger partial charge is 0.453 e. The highest BCUT2D eigenvalue weighted by Gasteiger charge is 2.39. The molecule has 3 heterocycles. The highest BCUT2D eigenvalue weighted by atomic mass is 32.3. The van der Waals surface area contributed by atoms with Crippen LogP contribution in [0.25, 0.3) is 44.5 Å². The third kappa shape index (κ3) is 4.54. The summed E-state index contributed by atoms with van der Waals surface area (Å²) in [7, 11) is -2.58. The van der Waals surface area contributed by atoms with E-state index in [0.29, 0.717) is 0 Å². The van der Waals surface area contributed by atoms with Gasteiger partial charge in [0.05, 0.1) is 11.4 Å². The van der Waals surface area contributed by atoms with Crippen LogP contribution >= 0.6 is 20.1 Å². The van der Waals surface area contributed by atoms with Gasteiger partial charge in [0.25, 0.3) is 0 Å². The molecule has 10 rings (SSSR count). The number of hydrogen-bond acceptors (Lipinski definition) is 2. The van der Waals surface area contributed by atoms with E-state index in [0.717, 1.165) is 22.9 Å². The van der Waals surface area contributed by atoms with E-state index in [4.69, 9.17) is 4.74 Å². The van der Waals surface area contributed by atoms with Gasteiger partial charge >= 0.3 is 0 Å². The van der Waals surface area contributed by atoms with Crippen molar-refractivity contribution in [2.75, 3.05) is 29.9 Å². The summed E-state index contributed by atoms with van der Waals surface area (Å²) in [6.45, 7) is 4.41. The van der Waals surface area contributed by atoms with E-state index in [1.54, 1.807) is 0 Å². The molecule has 0 amide bonds. The Morgan fingerprint density at radius 3 is 1.33 bits per heavy atom. The molecule has 0 spiro atoms. The van der Waals surface area contributed by atoms with Gasteiger partial charge in [-0.2, -0.15) is 20.1 Å². The van der Waals surface area contributed by atoms with Crippen molar-refractivity contribution in [2.24, 2.45) is 0 Å². The zero-order valence-electron chi connectivity index (χ0n) is 30.5. The maximum absolute atomic E-state index is 7.10. The molecule has 0 radical (unpaired) electrons. The Kier molecular flexibility index (Phi) is 6.78. The third-order valence-electron chi connectivity index (χ3n) is 11.4. The molecule has 7 aromatic rings. The van der Waals surface area contributed by atoms with E-state index in [9.17, 15) is 0 Å². The maximum Gasteiger partial charge on any atom is 0.152 e. The van der Waals surface area contributed by atoms with Crippen LogP contribution in [-0.4, -0.2) is 25.0 Å². The van der Waals surface area contributed by atoms with Crippen molar-refractivity contribution in [1.29, 1.82) is 0 Å². The summed E-state index contributed by atoms with van der Waals surface area (Å²) in [6, 6.07) is 52.0. The number of rotatable bonds is 3. The van der Waals surface area contributed by atoms with E-state index in [-0.39, 0.29) is 0 Å². The molecule has 7 aromatic carbocycles. The van der Waals surface area contributed by atoms with E-state index in [1.165, 1.54) is 80.9 Å². The van der Waals surface area contributed by atoms with Gasteiger partial charge in [0.1, 0.15) is 0 Å². The van der Waals surface area contributed by atoms with Crippen LogP contribution in [0.2, 0.25) is 0 Å². The summed E-state index contributed by atoms with van der Waals surface area (Å²) >= 11 is 0. The molecule has 0 atom stereocenters. The van der Waals surface area contributed by atoms with Gasteiger partial charge in [0.15, 0.2) is 11.5 Å². The van der Waals surface area contributed by atoms with Crippen LogP contribution in [0.15, 0.2) is 159 Å². The predicted molar refractivity (Wildman–Crippen MR) is 224 cm³/mol. The lowest BCUT2D eigenvalue weighted by molar-refractivity contribution is 0.474. The normalized spacial score (nSPS) is 16.4. The number of benzene rings is 7. The van der Waals surface area contributed by atoms with Crippen molar-refractivity contribution in [3.63, 3.8) is 0 Å². The monoisotopic (exact) mass is 711 g/mol. The van der Waals surface area contributed by atoms with Crippen LogP contribution in [-0.2, 0) is 0 Å². The maximum atomic E-state index is 7.10. The Balaban J connectivity index is 1.17. The number of fused-ring (bicyclic) bond motifs is 8. The summed E-state index contributed by atoms with van der Waals surface area (Å²) in [6.07, 6.45) is 9.77. The zero-order valence-corrected chi connectivity index (χ0v) is 32.1. The lowest BCUT2D eigenvalue weighted by atomic mass is 9.97. The fourth-order valence-electron chi connectivity index (χ4n) is 8.63. The highest BCUT2D eigenvalue weighted by molar-refractivity contribution is 8.33. The number of hydrogen-bond donors (Lipinski definition) is 0. The summed E-state index contributed by atoms with van der Waals surface area (Å²) in [5.41, 5.74) is 16.3. The molecular weight excluding hydrogens is 671 g/mol. The van der Waals surface area contributed by atoms with Crippen molar-refractivity contribution in [1.82, 2.24) is 0 Å². The van der Waals surface area contributed by atoms with Crippen molar-refractivity contribution >= 4 is 37.1 Å². The van der Waals surface area contributed by atoms with Crippen molar-refractivity contribution in [2.45, 2.75) is 33.4 Å². The summed E-state index contributed by atoms with van der Waals surface area (Å²) in [5, 5.41) is 0. The Hall–Kier alpha value is -5.16. The second kappa shape index (κ2) is 11.2. The Morgan fingerprint density at radius 2 is 0.865 bits per heavy atom. The quantitative estimate of drug-likeness (QED) is 0.181. The Bertz CT molecular complexity index is 2470. The fraction of sp³-hybridized carbons (Fsp3) is 0.125. The van der Waals surface area contributed by atoms with E-state index in [1.807, 2.05) is 0 Å². The van der Waals surface area contributed by atoms with Gasteiger partial charge in [-0.1, -0.05) is 103 Å². The first-order chi connectivity index (χ1) is 25.1. The first-order valence-electron chi connectivity index (χ1n) is 17.9. The zero-order chi connectivity index (χ0) is 35.5. The molecular formula is C48H41NOS2. The second-order valence-corrected chi connectivity index (χ2v) is 22.2. The molecule has 0 N–H and O–H groups in total. The SMILES string of the molecule is Cc1ccc(N2c3cc4c(cc3Oc3cc5c(cc32)-c2ccc(-c3ccccc3)cc2S5(C)C)S(C)(C)c2cc(-c3ccccc3)ccc2-4)c(C)c1. The van der Waals surface area contributed by atoms with E-state index >= 15 is 0 Å². The van der Waals surface area contributed by atoms with Gasteiger partial charge in [-0.25, -0.2) is 0 Å². The van der Waals surface area contributed by atoms with Gasteiger partial charge in [-0.15, -0.1) is 0 Å². The number of anilines is 3. The highest BCUT2D eigenvalue weighted by Crippen LogP contribution is 2.72. The Labute approximate surface area is 310 Å². The topological polar surface area (TPSA) is 12.5 Å². The molecule has 0 aliphatic carbocycles. The lowest BCUT2D eigenvalue weighted by Gasteiger charge is -2.37. The van der Waals surface area contributed by atoms with Gasteiger partial charge in [0, 0.05) is 25.3 Å². The molecule has 0 fully saturated rings. The average Bonchev–Trinajstić information content (AvgIpc) is 3.51. The smallest absolute Gasteiger partial charge is 0.152 e. The summed E-state index contributed by atoms with van der Waals surface area (Å²) in [5.74, 6) is 1.86. The minimum atomic E-state index is -1.29. The fourth-order valence-corrected chi connectivity index (χ4v) is 13.6. The third-order valence-corrected chi connectivity index (χ3v) is 17.1. The molecule has 256 valence electrons. The minimum Gasteiger partial charge on any atom is -0.453 e. The second-order valence-electron chi connectivity index (χ2n) is 15.2. The van der Waals surface area contributed by atoms with Crippen LogP contribution in [0.1, 0.15) is 11.1 Å². The van der Waals surface area contributed by atoms with Crippen LogP contribution in [0.3, 0.4) is 0 Å². The van der Waals surface area contributed by atoms with Crippen LogP contribution in [0.5, 0.6) is 11.5 Å². The molecule has 0 bridgehead atoms. The van der Waals surface area contributed by atoms with Gasteiger partial charge in [-0.05, 0) is 131 Å². The molecule has 0 aromatic heterocycles. The number of ether oxygens (including phenoxy) is 1. The molecule has 3 aliphatic rings. The first-order valence-corrected chi connectivity index (χ1v) is 22.8. The van der Waals surface area contributed by atoms with Gasteiger partial charge < -0.3 is 9.64 Å². The van der Waals surface area contributed by atoms with Crippen molar-refractivity contribution in [3.05, 3.63) is 151 Å². The molecule has 3 aliphatic heterocycles.